The average Bonchev–Trinajstić information content (AvgIpc) is 3.57. The number of carbonyl (C=O) groups is 3. The van der Waals surface area contributed by atoms with Gasteiger partial charge in [0.05, 0.1) is 19.5 Å². The summed E-state index contributed by atoms with van der Waals surface area (Å²) in [6, 6.07) is 0. The first-order valence-electron chi connectivity index (χ1n) is 14.5. The molecule has 0 spiro atoms. The number of nitrogens with two attached hydrogens (primary N) is 1. The zero-order chi connectivity index (χ0) is 38.4. The van der Waals surface area contributed by atoms with Gasteiger partial charge in [-0.3, -0.25) is 32.5 Å². The van der Waals surface area contributed by atoms with Crippen molar-refractivity contribution < 1.29 is 80.5 Å². The number of hydrogen-bond donors (Lipinski definition) is 9. The van der Waals surface area contributed by atoms with Crippen LogP contribution >= 0.6 is 35.2 Å². The molecule has 2 unspecified atom stereocenters. The maximum Gasteiger partial charge on any atom is 0.481 e. The molecule has 1 radical (unpaired) electrons. The fraction of sp³-hybridized carbons (Fsp3) is 0.652. The summed E-state index contributed by atoms with van der Waals surface area (Å²) in [5.74, 6) is -1.08. The molecule has 0 bridgehead atoms. The van der Waals surface area contributed by atoms with Crippen LogP contribution in [0.3, 0.4) is 0 Å². The summed E-state index contributed by atoms with van der Waals surface area (Å²) >= 11 is 1.03. The van der Waals surface area contributed by atoms with Crippen LogP contribution < -0.4 is 16.4 Å². The zero-order valence-electron chi connectivity index (χ0n) is 28.1. The van der Waals surface area contributed by atoms with Gasteiger partial charge in [0.15, 0.2) is 22.8 Å². The molecule has 1 aliphatic rings. The summed E-state index contributed by atoms with van der Waals surface area (Å²) < 4.78 is 61.8. The van der Waals surface area contributed by atoms with Gasteiger partial charge in [-0.25, -0.2) is 28.6 Å². The van der Waals surface area contributed by atoms with Crippen molar-refractivity contribution in [2.24, 2.45) is 5.41 Å². The molecule has 2 aromatic rings. The van der Waals surface area contributed by atoms with Crippen molar-refractivity contribution in [3.63, 3.8) is 0 Å². The first kappa shape index (κ1) is 46.3. The normalized spacial score (nSPS) is 22.2. The van der Waals surface area contributed by atoms with E-state index < -0.39 is 84.6 Å². The van der Waals surface area contributed by atoms with E-state index in [1.54, 1.807) is 0 Å². The molecular formula is C23H38LiN7O17P3S. The molecule has 7 atom stereocenters. The van der Waals surface area contributed by atoms with Crippen molar-refractivity contribution in [3.05, 3.63) is 12.7 Å². The number of hydrogen-bond acceptors (Lipinski definition) is 18. The van der Waals surface area contributed by atoms with Crippen molar-refractivity contribution in [2.75, 3.05) is 37.8 Å². The minimum absolute atomic E-state index is 0. The fourth-order valence-electron chi connectivity index (χ4n) is 4.32. The molecule has 1 aliphatic heterocycles. The Balaban J connectivity index is 0.00000936. The number of aliphatic hydroxyl groups is 2. The number of aliphatic hydroxyl groups excluding tert-OH is 2. The van der Waals surface area contributed by atoms with Gasteiger partial charge in [-0.2, -0.15) is 4.31 Å². The van der Waals surface area contributed by atoms with Crippen LogP contribution in [-0.2, 0) is 50.7 Å². The number of nitrogens with zero attached hydrogens (tertiary/aromatic N) is 4. The Morgan fingerprint density at radius 3 is 2.37 bits per heavy atom. The predicted octanol–water partition coefficient (Wildman–Crippen LogP) is -1.70. The molecule has 1 fully saturated rings. The average molecular weight is 819 g/mol. The molecule has 2 aromatic heterocycles. The topological polar surface area (TPSA) is 364 Å². The predicted molar refractivity (Wildman–Crippen MR) is 179 cm³/mol. The number of phosphoric acid groups is 3. The van der Waals surface area contributed by atoms with Crippen LogP contribution in [0.1, 0.15) is 33.4 Å². The number of nitrogens with one attached hydrogen (secondary N) is 2. The summed E-state index contributed by atoms with van der Waals surface area (Å²) in [4.78, 5) is 85.9. The third-order valence-electron chi connectivity index (χ3n) is 6.81. The van der Waals surface area contributed by atoms with E-state index in [1.807, 2.05) is 0 Å². The second kappa shape index (κ2) is 19.1. The monoisotopic (exact) mass is 818 g/mol. The minimum Gasteiger partial charge on any atom is -0.386 e. The minimum atomic E-state index is -5.56. The maximum absolute atomic E-state index is 12.6. The number of fused-ring (bicyclic) bond motifs is 1. The molecule has 1 saturated heterocycles. The third kappa shape index (κ3) is 13.8. The smallest absolute Gasteiger partial charge is 0.386 e. The van der Waals surface area contributed by atoms with E-state index in [9.17, 15) is 57.9 Å². The number of imidazole rings is 1. The second-order valence-electron chi connectivity index (χ2n) is 11.4. The van der Waals surface area contributed by atoms with Crippen LogP contribution in [-0.4, -0.2) is 142 Å². The quantitative estimate of drug-likeness (QED) is 0.0330. The van der Waals surface area contributed by atoms with Gasteiger partial charge >= 0.3 is 23.5 Å². The van der Waals surface area contributed by atoms with Gasteiger partial charge in [0.1, 0.15) is 36.3 Å². The van der Waals surface area contributed by atoms with E-state index >= 15 is 0 Å². The van der Waals surface area contributed by atoms with Gasteiger partial charge in [-0.1, -0.05) is 25.6 Å². The molecule has 52 heavy (non-hydrogen) atoms. The molecular weight excluding hydrogens is 780 g/mol. The van der Waals surface area contributed by atoms with E-state index in [2.05, 4.69) is 34.4 Å². The van der Waals surface area contributed by atoms with Gasteiger partial charge < -0.3 is 50.9 Å². The van der Waals surface area contributed by atoms with Crippen LogP contribution in [0.5, 0.6) is 0 Å². The Hall–Kier alpha value is -1.84. The first-order valence-corrected chi connectivity index (χ1v) is 20.0. The van der Waals surface area contributed by atoms with Crippen LogP contribution in [0.4, 0.5) is 5.82 Å². The maximum atomic E-state index is 12.6. The Morgan fingerprint density at radius 2 is 1.73 bits per heavy atom. The number of aromatic nitrogens is 4. The van der Waals surface area contributed by atoms with Crippen LogP contribution in [0.15, 0.2) is 12.7 Å². The standard InChI is InChI=1S/C23H38N7O17P3S.Li/c1-12(31)51-7-6-25-14(32)4-5-26-21(35)18(34)23(2,3)9-44-50(41,42)47-49(39,40)43-8-13-17(46-48(36,37)38)16(33)22(45-13)30-11-29-15-19(24)27-10-28-20(15)30;/h10-11,13,16-18,22,33-34H,4-9H2,1-3H3,(H,25,32)(H,26,35)(H,39,40)(H,41,42)(H2,24,27,28)(H2,36,37,38);/t13-,16-,17-,18+,22-;/m1./s1/i1+1,12+1;. The Kier molecular flexibility index (Phi) is 17.1. The molecule has 2 amide bonds. The number of phosphoric ester groups is 3. The van der Waals surface area contributed by atoms with Crippen molar-refractivity contribution >= 4 is 88.0 Å². The molecule has 0 aromatic carbocycles. The number of anilines is 1. The fourth-order valence-corrected chi connectivity index (χ4v) is 7.65. The van der Waals surface area contributed by atoms with Crippen molar-refractivity contribution in [3.8, 4) is 0 Å². The Labute approximate surface area is 311 Å². The number of amides is 2. The van der Waals surface area contributed by atoms with Crippen molar-refractivity contribution in [1.29, 1.82) is 0 Å². The molecule has 289 valence electrons. The number of nitrogen functional groups attached to an aromatic ring is 1. The third-order valence-corrected chi connectivity index (χ3v) is 10.7. The Morgan fingerprint density at radius 1 is 1.08 bits per heavy atom. The number of thioether (sulfide) groups is 1. The van der Waals surface area contributed by atoms with Crippen LogP contribution in [0, 0.1) is 5.41 Å². The largest absolute Gasteiger partial charge is 0.481 e. The molecule has 10 N–H and O–H groups in total. The number of ether oxygens (including phenoxy) is 1. The van der Waals surface area contributed by atoms with Gasteiger partial charge in [0.25, 0.3) is 0 Å². The molecule has 29 heteroatoms. The molecule has 24 nitrogen and oxygen atoms in total. The number of rotatable bonds is 19. The van der Waals surface area contributed by atoms with Gasteiger partial charge in [-0.05, 0) is 0 Å². The van der Waals surface area contributed by atoms with E-state index in [0.717, 1.165) is 29.0 Å². The molecule has 0 aliphatic carbocycles. The summed E-state index contributed by atoms with van der Waals surface area (Å²) in [6.07, 6.45) is -6.88. The van der Waals surface area contributed by atoms with Gasteiger partial charge in [0, 0.05) is 56.5 Å². The summed E-state index contributed by atoms with van der Waals surface area (Å²) in [6.45, 7) is 1.90. The van der Waals surface area contributed by atoms with Crippen LogP contribution in [0.25, 0.3) is 11.2 Å². The summed E-state index contributed by atoms with van der Waals surface area (Å²) in [7, 11) is -16.4. The summed E-state index contributed by atoms with van der Waals surface area (Å²) in [5.41, 5.74) is 4.26. The van der Waals surface area contributed by atoms with E-state index in [4.69, 9.17) is 19.5 Å². The van der Waals surface area contributed by atoms with E-state index in [0.29, 0.717) is 5.75 Å². The van der Waals surface area contributed by atoms with Crippen molar-refractivity contribution in [2.45, 2.75) is 57.8 Å². The second-order valence-corrected chi connectivity index (χ2v) is 16.9. The van der Waals surface area contributed by atoms with Crippen LogP contribution in [0.2, 0.25) is 0 Å². The first-order chi connectivity index (χ1) is 23.5. The molecule has 3 rings (SSSR count). The molecule has 3 heterocycles. The zero-order valence-corrected chi connectivity index (χ0v) is 31.6. The van der Waals surface area contributed by atoms with Gasteiger partial charge in [-0.15, -0.1) is 0 Å². The van der Waals surface area contributed by atoms with Gasteiger partial charge in [0.2, 0.25) is 11.8 Å². The van der Waals surface area contributed by atoms with E-state index in [-0.39, 0.29) is 60.5 Å². The summed E-state index contributed by atoms with van der Waals surface area (Å²) in [5, 5.41) is 26.1. The van der Waals surface area contributed by atoms with E-state index in [1.165, 1.54) is 20.8 Å². The molecule has 0 saturated carbocycles. The number of carbonyl (C=O) groups excluding carboxylic acids is 3. The van der Waals surface area contributed by atoms with Crippen molar-refractivity contribution in [1.82, 2.24) is 30.2 Å². The Bertz CT molecular complexity index is 1720. The SMILES string of the molecule is CC(C)(COP(=O)(O)OP(=O)(O)OC[C@H]1O[C@@H](n2cnc3c(N)ncnc32)[C@H](O)[C@@H]1OP(=O)(O)O)[C@@H](O)C(=O)NCCC(=O)NCCS[13C]([13CH3])=O.[Li].